The van der Waals surface area contributed by atoms with Gasteiger partial charge in [-0.1, -0.05) is 24.3 Å². The first-order valence-corrected chi connectivity index (χ1v) is 14.0. The third-order valence-electron chi connectivity index (χ3n) is 7.60. The zero-order valence-corrected chi connectivity index (χ0v) is 24.6. The van der Waals surface area contributed by atoms with Crippen LogP contribution in [0, 0.1) is 0 Å². The van der Waals surface area contributed by atoms with E-state index in [2.05, 4.69) is 13.2 Å². The minimum atomic E-state index is -0.337. The molecule has 0 unspecified atom stereocenters. The van der Waals surface area contributed by atoms with Gasteiger partial charge in [-0.2, -0.15) is 0 Å². The van der Waals surface area contributed by atoms with E-state index in [9.17, 15) is 19.8 Å². The van der Waals surface area contributed by atoms with Gasteiger partial charge in [-0.05, 0) is 25.0 Å². The number of hydrogen-bond donors (Lipinski definition) is 4. The summed E-state index contributed by atoms with van der Waals surface area (Å²) in [5.41, 5.74) is 15.2. The predicted octanol–water partition coefficient (Wildman–Crippen LogP) is 2.24. The van der Waals surface area contributed by atoms with Gasteiger partial charge in [0.15, 0.2) is 23.0 Å². The lowest BCUT2D eigenvalue weighted by Crippen LogP contribution is -2.38. The third-order valence-corrected chi connectivity index (χ3v) is 7.60. The van der Waals surface area contributed by atoms with E-state index in [-0.39, 0.29) is 72.8 Å². The molecular formula is C31H40N4O8. The smallest absolute Gasteiger partial charge is 0.256 e. The maximum Gasteiger partial charge on any atom is 0.256 e. The van der Waals surface area contributed by atoms with E-state index >= 15 is 0 Å². The SMILES string of the molecule is C=C1C[C@@H](CO)N(C(=O)c2cc(OC)c(OCCCOc3cc(N)c(C(=O)N4CC(=C)C[C@H]4CO)cc3OC)cc2N)C1. The van der Waals surface area contributed by atoms with Gasteiger partial charge in [-0.3, -0.25) is 9.59 Å². The summed E-state index contributed by atoms with van der Waals surface area (Å²) < 4.78 is 22.7. The Morgan fingerprint density at radius 3 is 1.51 bits per heavy atom. The summed E-state index contributed by atoms with van der Waals surface area (Å²) in [6.45, 7) is 8.76. The topological polar surface area (TPSA) is 170 Å². The van der Waals surface area contributed by atoms with Gasteiger partial charge in [-0.15, -0.1) is 0 Å². The van der Waals surface area contributed by atoms with Crippen LogP contribution in [0.1, 0.15) is 40.0 Å². The lowest BCUT2D eigenvalue weighted by atomic mass is 10.1. The van der Waals surface area contributed by atoms with Crippen molar-refractivity contribution in [1.82, 2.24) is 9.80 Å². The Morgan fingerprint density at radius 1 is 0.767 bits per heavy atom. The first-order valence-electron chi connectivity index (χ1n) is 14.0. The molecule has 2 aromatic carbocycles. The highest BCUT2D eigenvalue weighted by Gasteiger charge is 2.33. The molecule has 0 saturated carbocycles. The van der Waals surface area contributed by atoms with Gasteiger partial charge in [0.25, 0.3) is 11.8 Å². The van der Waals surface area contributed by atoms with Crippen LogP contribution in [-0.2, 0) is 0 Å². The van der Waals surface area contributed by atoms with E-state index in [4.69, 9.17) is 30.4 Å². The van der Waals surface area contributed by atoms with Crippen LogP contribution in [0.25, 0.3) is 0 Å². The monoisotopic (exact) mass is 596 g/mol. The average Bonchev–Trinajstić information content (AvgIpc) is 3.57. The second kappa shape index (κ2) is 13.7. The minimum absolute atomic E-state index is 0.161. The number of nitrogens with two attached hydrogens (primary N) is 2. The van der Waals surface area contributed by atoms with Gasteiger partial charge in [0.2, 0.25) is 0 Å². The quantitative estimate of drug-likeness (QED) is 0.162. The molecule has 0 aromatic heterocycles. The number of carbonyl (C=O) groups is 2. The molecule has 2 aliphatic rings. The highest BCUT2D eigenvalue weighted by molar-refractivity contribution is 6.01. The highest BCUT2D eigenvalue weighted by Crippen LogP contribution is 2.36. The molecule has 2 fully saturated rings. The van der Waals surface area contributed by atoms with Crippen LogP contribution >= 0.6 is 0 Å². The Bertz CT molecular complexity index is 1290. The number of anilines is 2. The molecule has 0 aliphatic carbocycles. The van der Waals surface area contributed by atoms with Crippen LogP contribution in [0.5, 0.6) is 23.0 Å². The van der Waals surface area contributed by atoms with Gasteiger partial charge in [0.05, 0.1) is 63.9 Å². The first kappa shape index (κ1) is 31.5. The summed E-state index contributed by atoms with van der Waals surface area (Å²) in [5.74, 6) is 0.809. The number of rotatable bonds is 12. The normalized spacial score (nSPS) is 18.2. The van der Waals surface area contributed by atoms with E-state index in [1.165, 1.54) is 26.4 Å². The molecule has 6 N–H and O–H groups in total. The third kappa shape index (κ3) is 6.81. The van der Waals surface area contributed by atoms with E-state index < -0.39 is 0 Å². The zero-order chi connectivity index (χ0) is 31.3. The molecule has 43 heavy (non-hydrogen) atoms. The summed E-state index contributed by atoms with van der Waals surface area (Å²) >= 11 is 0. The van der Waals surface area contributed by atoms with Gasteiger partial charge in [0, 0.05) is 43.0 Å². The molecule has 232 valence electrons. The van der Waals surface area contributed by atoms with Crippen LogP contribution < -0.4 is 30.4 Å². The number of hydrogen-bond acceptors (Lipinski definition) is 10. The summed E-state index contributed by atoms with van der Waals surface area (Å²) in [6, 6.07) is 5.49. The second-order valence-electron chi connectivity index (χ2n) is 10.7. The Balaban J connectivity index is 1.36. The fraction of sp³-hybridized carbons (Fsp3) is 0.419. The van der Waals surface area contributed by atoms with Crippen LogP contribution in [0.3, 0.4) is 0 Å². The van der Waals surface area contributed by atoms with Crippen molar-refractivity contribution in [2.75, 3.05) is 65.2 Å². The lowest BCUT2D eigenvalue weighted by molar-refractivity contribution is 0.0674. The van der Waals surface area contributed by atoms with Crippen molar-refractivity contribution in [3.63, 3.8) is 0 Å². The molecule has 0 bridgehead atoms. The highest BCUT2D eigenvalue weighted by atomic mass is 16.5. The molecule has 2 atom stereocenters. The van der Waals surface area contributed by atoms with E-state index in [0.29, 0.717) is 55.4 Å². The van der Waals surface area contributed by atoms with E-state index in [0.717, 1.165) is 11.1 Å². The molecule has 2 saturated heterocycles. The zero-order valence-electron chi connectivity index (χ0n) is 24.6. The fourth-order valence-corrected chi connectivity index (χ4v) is 5.36. The van der Waals surface area contributed by atoms with Crippen LogP contribution in [0.4, 0.5) is 11.4 Å². The Kier molecular flexibility index (Phi) is 10.0. The second-order valence-corrected chi connectivity index (χ2v) is 10.7. The summed E-state index contributed by atoms with van der Waals surface area (Å²) in [4.78, 5) is 29.5. The number of nitrogen functional groups attached to an aromatic ring is 2. The lowest BCUT2D eigenvalue weighted by Gasteiger charge is -2.24. The molecule has 2 aliphatic heterocycles. The van der Waals surface area contributed by atoms with Gasteiger partial charge < -0.3 is 50.4 Å². The molecule has 2 heterocycles. The molecule has 12 heteroatoms. The van der Waals surface area contributed by atoms with Crippen molar-refractivity contribution in [1.29, 1.82) is 0 Å². The van der Waals surface area contributed by atoms with Crippen molar-refractivity contribution >= 4 is 23.2 Å². The fourth-order valence-electron chi connectivity index (χ4n) is 5.36. The number of methoxy groups -OCH3 is 2. The molecular weight excluding hydrogens is 556 g/mol. The molecule has 2 amide bonds. The summed E-state index contributed by atoms with van der Waals surface area (Å²) in [7, 11) is 2.94. The number of nitrogens with zero attached hydrogens (tertiary/aromatic N) is 2. The Morgan fingerprint density at radius 2 is 1.16 bits per heavy atom. The standard InChI is InChI=1S/C31H40N4O8/c1-18-8-20(16-36)34(14-18)30(38)22-10-26(40-3)28(12-24(22)32)42-6-5-7-43-29-13-25(33)23(11-27(29)41-4)31(39)35-15-19(2)9-21(35)17-37/h10-13,20-21,36-37H,1-2,5-9,14-17,32-33H2,3-4H3/t20-,21-/m0/s1. The van der Waals surface area contributed by atoms with E-state index in [1.54, 1.807) is 21.9 Å². The Labute approximate surface area is 251 Å². The van der Waals surface area contributed by atoms with Gasteiger partial charge >= 0.3 is 0 Å². The molecule has 4 rings (SSSR count). The van der Waals surface area contributed by atoms with Crippen molar-refractivity contribution in [3.05, 3.63) is 59.7 Å². The van der Waals surface area contributed by atoms with E-state index in [1.807, 2.05) is 0 Å². The van der Waals surface area contributed by atoms with Gasteiger partial charge in [-0.25, -0.2) is 0 Å². The predicted molar refractivity (Wildman–Crippen MR) is 162 cm³/mol. The molecule has 0 spiro atoms. The van der Waals surface area contributed by atoms with Crippen LogP contribution in [0.2, 0.25) is 0 Å². The summed E-state index contributed by atoms with van der Waals surface area (Å²) in [5, 5.41) is 19.3. The molecule has 0 radical (unpaired) electrons. The maximum absolute atomic E-state index is 13.2. The molecule has 12 nitrogen and oxygen atoms in total. The number of aliphatic hydroxyl groups is 2. The first-order chi connectivity index (χ1) is 20.6. The number of amides is 2. The Hall–Kier alpha value is -4.42. The number of carbonyl (C=O) groups excluding carboxylic acids is 2. The number of likely N-dealkylation sites (tertiary alicyclic amines) is 2. The number of ether oxygens (including phenoxy) is 4. The van der Waals surface area contributed by atoms with Crippen molar-refractivity contribution in [3.8, 4) is 23.0 Å². The minimum Gasteiger partial charge on any atom is -0.493 e. The largest absolute Gasteiger partial charge is 0.493 e. The number of aliphatic hydroxyl groups excluding tert-OH is 2. The van der Waals surface area contributed by atoms with Crippen molar-refractivity contribution in [2.24, 2.45) is 0 Å². The van der Waals surface area contributed by atoms with Crippen molar-refractivity contribution in [2.45, 2.75) is 31.3 Å². The summed E-state index contributed by atoms with van der Waals surface area (Å²) in [6.07, 6.45) is 1.56. The van der Waals surface area contributed by atoms with Gasteiger partial charge in [0.1, 0.15) is 0 Å². The maximum atomic E-state index is 13.2. The van der Waals surface area contributed by atoms with Crippen LogP contribution in [-0.4, -0.2) is 97.6 Å². The van der Waals surface area contributed by atoms with Crippen molar-refractivity contribution < 1.29 is 38.7 Å². The van der Waals surface area contributed by atoms with Crippen LogP contribution in [0.15, 0.2) is 48.6 Å². The average molecular weight is 597 g/mol. The molecule has 2 aromatic rings. The number of benzene rings is 2.